The highest BCUT2D eigenvalue weighted by atomic mass is 19.4. The van der Waals surface area contributed by atoms with Crippen molar-refractivity contribution in [3.63, 3.8) is 0 Å². The maximum absolute atomic E-state index is 12.7. The number of rotatable bonds is 6. The summed E-state index contributed by atoms with van der Waals surface area (Å²) in [6.07, 6.45) is -2.06. The summed E-state index contributed by atoms with van der Waals surface area (Å²) in [6.45, 7) is -0.211. The molecule has 1 N–H and O–H groups in total. The number of amides is 2. The van der Waals surface area contributed by atoms with Gasteiger partial charge < -0.3 is 15.0 Å². The molecule has 2 aromatic rings. The smallest absolute Gasteiger partial charge is 0.416 e. The number of ether oxygens (including phenoxy) is 1. The van der Waals surface area contributed by atoms with Gasteiger partial charge in [-0.3, -0.25) is 9.59 Å². The molecule has 148 valence electrons. The first-order valence-corrected chi connectivity index (χ1v) is 8.23. The van der Waals surface area contributed by atoms with E-state index in [-0.39, 0.29) is 12.1 Å². The van der Waals surface area contributed by atoms with E-state index in [2.05, 4.69) is 5.32 Å². The normalized spacial score (nSPS) is 11.3. The third-order valence-corrected chi connectivity index (χ3v) is 3.76. The first kappa shape index (κ1) is 21.0. The van der Waals surface area contributed by atoms with E-state index in [4.69, 9.17) is 4.74 Å². The van der Waals surface area contributed by atoms with Gasteiger partial charge in [0.15, 0.2) is 0 Å². The molecule has 0 saturated heterocycles. The van der Waals surface area contributed by atoms with E-state index in [1.807, 2.05) is 0 Å². The van der Waals surface area contributed by atoms with E-state index >= 15 is 0 Å². The molecular weight excluding hydrogens is 373 g/mol. The molecule has 5 nitrogen and oxygen atoms in total. The first-order chi connectivity index (χ1) is 13.2. The van der Waals surface area contributed by atoms with Crippen LogP contribution >= 0.6 is 0 Å². The summed E-state index contributed by atoms with van der Waals surface area (Å²) in [5.74, 6) is -0.277. The Hall–Kier alpha value is -3.29. The molecule has 0 aliphatic rings. The Kier molecular flexibility index (Phi) is 6.81. The first-order valence-electron chi connectivity index (χ1n) is 8.23. The van der Waals surface area contributed by atoms with Crippen LogP contribution < -0.4 is 10.1 Å². The topological polar surface area (TPSA) is 58.6 Å². The van der Waals surface area contributed by atoms with E-state index in [0.29, 0.717) is 11.4 Å². The van der Waals surface area contributed by atoms with Crippen molar-refractivity contribution < 1.29 is 27.5 Å². The molecular formula is C20H19F3N2O3. The molecule has 0 saturated carbocycles. The lowest BCUT2D eigenvalue weighted by Crippen LogP contribution is -2.33. The molecule has 0 aromatic heterocycles. The highest BCUT2D eigenvalue weighted by molar-refractivity contribution is 5.97. The molecule has 0 fully saturated rings. The minimum Gasteiger partial charge on any atom is -0.497 e. The third-order valence-electron chi connectivity index (χ3n) is 3.76. The van der Waals surface area contributed by atoms with Gasteiger partial charge in [0.25, 0.3) is 0 Å². The minimum absolute atomic E-state index is 0.211. The van der Waals surface area contributed by atoms with Crippen molar-refractivity contribution in [3.8, 4) is 5.75 Å². The van der Waals surface area contributed by atoms with Crippen molar-refractivity contribution >= 4 is 23.6 Å². The maximum Gasteiger partial charge on any atom is 0.416 e. The van der Waals surface area contributed by atoms with Crippen LogP contribution in [0.1, 0.15) is 11.1 Å². The van der Waals surface area contributed by atoms with Gasteiger partial charge in [0.1, 0.15) is 5.75 Å². The summed E-state index contributed by atoms with van der Waals surface area (Å²) in [6, 6.07) is 11.3. The van der Waals surface area contributed by atoms with Gasteiger partial charge in [-0.05, 0) is 48.0 Å². The number of nitrogens with one attached hydrogen (secondary N) is 1. The summed E-state index contributed by atoms with van der Waals surface area (Å²) in [7, 11) is 2.95. The Bertz CT molecular complexity index is 862. The zero-order valence-corrected chi connectivity index (χ0v) is 15.3. The third kappa shape index (κ3) is 6.15. The Labute approximate surface area is 160 Å². The summed E-state index contributed by atoms with van der Waals surface area (Å²) in [4.78, 5) is 25.3. The van der Waals surface area contributed by atoms with Crippen LogP contribution in [0.5, 0.6) is 5.75 Å². The van der Waals surface area contributed by atoms with Crippen molar-refractivity contribution in [2.24, 2.45) is 0 Å². The summed E-state index contributed by atoms with van der Waals surface area (Å²) in [5.41, 5.74) is -0.0141. The number of anilines is 1. The van der Waals surface area contributed by atoms with Gasteiger partial charge in [-0.1, -0.05) is 12.1 Å². The van der Waals surface area contributed by atoms with Crippen molar-refractivity contribution in [1.29, 1.82) is 0 Å². The predicted octanol–water partition coefficient (Wildman–Crippen LogP) is 3.82. The van der Waals surface area contributed by atoms with Gasteiger partial charge in [-0.15, -0.1) is 0 Å². The highest BCUT2D eigenvalue weighted by Gasteiger charge is 2.30. The van der Waals surface area contributed by atoms with Crippen LogP contribution in [-0.4, -0.2) is 37.4 Å². The second kappa shape index (κ2) is 9.07. The fraction of sp³-hybridized carbons (Fsp3) is 0.200. The molecule has 2 rings (SSSR count). The molecule has 8 heteroatoms. The molecule has 0 heterocycles. The van der Waals surface area contributed by atoms with Gasteiger partial charge in [0.05, 0.1) is 19.2 Å². The Morgan fingerprint density at radius 2 is 1.82 bits per heavy atom. The van der Waals surface area contributed by atoms with Crippen LogP contribution in [0.3, 0.4) is 0 Å². The lowest BCUT2D eigenvalue weighted by atomic mass is 10.1. The lowest BCUT2D eigenvalue weighted by Gasteiger charge is -2.15. The predicted molar refractivity (Wildman–Crippen MR) is 99.7 cm³/mol. The number of halogens is 3. The average molecular weight is 392 g/mol. The van der Waals surface area contributed by atoms with E-state index in [9.17, 15) is 22.8 Å². The van der Waals surface area contributed by atoms with Gasteiger partial charge in [0.2, 0.25) is 11.8 Å². The standard InChI is InChI=1S/C20H19F3N2O3/c1-25(13-18(26)24-16-7-9-17(28-2)10-8-16)19(27)11-6-14-4-3-5-15(12-14)20(21,22)23/h3-12H,13H2,1-2H3,(H,24,26)/b11-6+. The van der Waals surface area contributed by atoms with Gasteiger partial charge in [-0.2, -0.15) is 13.2 Å². The number of hydrogen-bond acceptors (Lipinski definition) is 3. The molecule has 0 atom stereocenters. The lowest BCUT2D eigenvalue weighted by molar-refractivity contribution is -0.137. The zero-order valence-electron chi connectivity index (χ0n) is 15.3. The molecule has 0 radical (unpaired) electrons. The second-order valence-corrected chi connectivity index (χ2v) is 5.93. The second-order valence-electron chi connectivity index (χ2n) is 5.93. The number of alkyl halides is 3. The quantitative estimate of drug-likeness (QED) is 0.761. The number of benzene rings is 2. The number of methoxy groups -OCH3 is 1. The van der Waals surface area contributed by atoms with E-state index < -0.39 is 23.6 Å². The van der Waals surface area contributed by atoms with Crippen molar-refractivity contribution in [2.75, 3.05) is 26.0 Å². The van der Waals surface area contributed by atoms with E-state index in [1.165, 1.54) is 32.4 Å². The molecule has 0 unspecified atom stereocenters. The number of carbonyl (C=O) groups excluding carboxylic acids is 2. The molecule has 0 spiro atoms. The molecule has 2 amide bonds. The van der Waals surface area contributed by atoms with Crippen molar-refractivity contribution in [1.82, 2.24) is 4.90 Å². The van der Waals surface area contributed by atoms with Crippen LogP contribution in [0.2, 0.25) is 0 Å². The van der Waals surface area contributed by atoms with Crippen LogP contribution in [0.25, 0.3) is 6.08 Å². The van der Waals surface area contributed by atoms with Crippen molar-refractivity contribution in [3.05, 3.63) is 65.7 Å². The summed E-state index contributed by atoms with van der Waals surface area (Å²) in [5, 5.41) is 2.64. The van der Waals surface area contributed by atoms with Crippen LogP contribution in [0, 0.1) is 0 Å². The van der Waals surface area contributed by atoms with Gasteiger partial charge >= 0.3 is 6.18 Å². The van der Waals surface area contributed by atoms with E-state index in [0.717, 1.165) is 23.1 Å². The van der Waals surface area contributed by atoms with Gasteiger partial charge in [-0.25, -0.2) is 0 Å². The minimum atomic E-state index is -4.45. The monoisotopic (exact) mass is 392 g/mol. The van der Waals surface area contributed by atoms with Crippen LogP contribution in [0.4, 0.5) is 18.9 Å². The molecule has 2 aromatic carbocycles. The Morgan fingerprint density at radius 1 is 1.14 bits per heavy atom. The largest absolute Gasteiger partial charge is 0.497 e. The number of hydrogen-bond donors (Lipinski definition) is 1. The van der Waals surface area contributed by atoms with Crippen LogP contribution in [-0.2, 0) is 15.8 Å². The van der Waals surface area contributed by atoms with Gasteiger partial charge in [0, 0.05) is 18.8 Å². The zero-order chi connectivity index (χ0) is 20.7. The Morgan fingerprint density at radius 3 is 2.43 bits per heavy atom. The molecule has 0 bridgehead atoms. The average Bonchev–Trinajstić information content (AvgIpc) is 2.66. The number of carbonyl (C=O) groups is 2. The SMILES string of the molecule is COc1ccc(NC(=O)CN(C)C(=O)/C=C/c2cccc(C(F)(F)F)c2)cc1. The number of likely N-dealkylation sites (N-methyl/N-ethyl adjacent to an activating group) is 1. The highest BCUT2D eigenvalue weighted by Crippen LogP contribution is 2.29. The number of nitrogens with zero attached hydrogens (tertiary/aromatic N) is 1. The van der Waals surface area contributed by atoms with Crippen LogP contribution in [0.15, 0.2) is 54.6 Å². The summed E-state index contributed by atoms with van der Waals surface area (Å²) >= 11 is 0. The molecule has 0 aliphatic heterocycles. The maximum atomic E-state index is 12.7. The molecule has 0 aliphatic carbocycles. The Balaban J connectivity index is 1.93. The van der Waals surface area contributed by atoms with E-state index in [1.54, 1.807) is 24.3 Å². The van der Waals surface area contributed by atoms with Crippen molar-refractivity contribution in [2.45, 2.75) is 6.18 Å². The summed E-state index contributed by atoms with van der Waals surface area (Å²) < 4.78 is 43.2. The fourth-order valence-corrected chi connectivity index (χ4v) is 2.28. The molecule has 28 heavy (non-hydrogen) atoms. The fourth-order valence-electron chi connectivity index (χ4n) is 2.28.